The van der Waals surface area contributed by atoms with E-state index >= 15 is 0 Å². The molecule has 4 atom stereocenters. The van der Waals surface area contributed by atoms with E-state index in [0.717, 1.165) is 17.9 Å². The lowest BCUT2D eigenvalue weighted by Gasteiger charge is -2.27. The summed E-state index contributed by atoms with van der Waals surface area (Å²) in [7, 11) is 0. The number of halogens is 2. The Morgan fingerprint density at radius 2 is 2.06 bits per heavy atom. The van der Waals surface area contributed by atoms with Crippen molar-refractivity contribution in [3.63, 3.8) is 0 Å². The van der Waals surface area contributed by atoms with E-state index in [1.54, 1.807) is 6.07 Å². The van der Waals surface area contributed by atoms with Gasteiger partial charge in [0.2, 0.25) is 0 Å². The number of hydrogen-bond donors (Lipinski definition) is 1. The molecular formula is C15H19F2N. The van der Waals surface area contributed by atoms with Gasteiger partial charge in [0, 0.05) is 23.7 Å². The highest BCUT2D eigenvalue weighted by molar-refractivity contribution is 5.22. The summed E-state index contributed by atoms with van der Waals surface area (Å²) in [6, 6.07) is 4.32. The van der Waals surface area contributed by atoms with Crippen molar-refractivity contribution in [1.82, 2.24) is 5.32 Å². The first-order valence-electron chi connectivity index (χ1n) is 6.84. The lowest BCUT2D eigenvalue weighted by molar-refractivity contribution is 0.324. The number of fused-ring (bicyclic) bond motifs is 2. The van der Waals surface area contributed by atoms with Crippen LogP contribution in [0, 0.1) is 23.5 Å². The Labute approximate surface area is 107 Å². The summed E-state index contributed by atoms with van der Waals surface area (Å²) < 4.78 is 26.6. The zero-order valence-corrected chi connectivity index (χ0v) is 10.6. The fraction of sp³-hybridized carbons (Fsp3) is 0.600. The maximum atomic E-state index is 13.7. The Morgan fingerprint density at radius 3 is 2.67 bits per heavy atom. The fourth-order valence-electron chi connectivity index (χ4n) is 3.71. The molecule has 18 heavy (non-hydrogen) atoms. The third kappa shape index (κ3) is 2.16. The van der Waals surface area contributed by atoms with Crippen LogP contribution in [0.3, 0.4) is 0 Å². The Balaban J connectivity index is 1.69. The first kappa shape index (κ1) is 12.1. The molecule has 3 rings (SSSR count). The lowest BCUT2D eigenvalue weighted by atomic mass is 9.94. The van der Waals surface area contributed by atoms with Gasteiger partial charge in [-0.05, 0) is 44.1 Å². The van der Waals surface area contributed by atoms with Gasteiger partial charge < -0.3 is 5.32 Å². The van der Waals surface area contributed by atoms with Crippen LogP contribution in [-0.4, -0.2) is 6.04 Å². The monoisotopic (exact) mass is 251 g/mol. The molecule has 0 heterocycles. The molecule has 0 amide bonds. The van der Waals surface area contributed by atoms with Gasteiger partial charge in [-0.25, -0.2) is 8.78 Å². The molecular weight excluding hydrogens is 232 g/mol. The molecule has 4 unspecified atom stereocenters. The van der Waals surface area contributed by atoms with E-state index in [1.165, 1.54) is 31.7 Å². The van der Waals surface area contributed by atoms with Crippen molar-refractivity contribution in [2.45, 2.75) is 44.7 Å². The Kier molecular flexibility index (Phi) is 3.10. The van der Waals surface area contributed by atoms with Gasteiger partial charge in [-0.15, -0.1) is 0 Å². The van der Waals surface area contributed by atoms with Crippen molar-refractivity contribution in [1.29, 1.82) is 0 Å². The smallest absolute Gasteiger partial charge is 0.130 e. The van der Waals surface area contributed by atoms with Crippen LogP contribution in [0.5, 0.6) is 0 Å². The molecule has 2 bridgehead atoms. The molecule has 1 nitrogen and oxygen atoms in total. The minimum absolute atomic E-state index is 0.0463. The van der Waals surface area contributed by atoms with E-state index in [4.69, 9.17) is 0 Å². The minimum Gasteiger partial charge on any atom is -0.307 e. The third-order valence-corrected chi connectivity index (χ3v) is 4.63. The second-order valence-electron chi connectivity index (χ2n) is 5.84. The van der Waals surface area contributed by atoms with Crippen LogP contribution in [0.15, 0.2) is 18.2 Å². The average Bonchev–Trinajstić information content (AvgIpc) is 2.90. The maximum Gasteiger partial charge on any atom is 0.130 e. The van der Waals surface area contributed by atoms with Gasteiger partial charge in [-0.1, -0.05) is 12.5 Å². The maximum absolute atomic E-state index is 13.7. The first-order chi connectivity index (χ1) is 8.63. The van der Waals surface area contributed by atoms with E-state index in [-0.39, 0.29) is 6.04 Å². The Bertz CT molecular complexity index is 446. The minimum atomic E-state index is -0.511. The molecule has 2 saturated carbocycles. The highest BCUT2D eigenvalue weighted by Crippen LogP contribution is 2.45. The van der Waals surface area contributed by atoms with Crippen molar-refractivity contribution < 1.29 is 8.78 Å². The molecule has 3 heteroatoms. The molecule has 2 fully saturated rings. The van der Waals surface area contributed by atoms with Crippen LogP contribution in [0.2, 0.25) is 0 Å². The van der Waals surface area contributed by atoms with Gasteiger partial charge in [0.25, 0.3) is 0 Å². The van der Waals surface area contributed by atoms with Crippen LogP contribution in [0.1, 0.15) is 44.2 Å². The zero-order valence-electron chi connectivity index (χ0n) is 10.6. The normalized spacial score (nSPS) is 31.8. The van der Waals surface area contributed by atoms with Crippen molar-refractivity contribution in [3.05, 3.63) is 35.4 Å². The fourth-order valence-corrected chi connectivity index (χ4v) is 3.71. The molecule has 0 spiro atoms. The predicted molar refractivity (Wildman–Crippen MR) is 67.1 cm³/mol. The number of rotatable bonds is 3. The van der Waals surface area contributed by atoms with Gasteiger partial charge in [-0.3, -0.25) is 0 Å². The van der Waals surface area contributed by atoms with E-state index in [9.17, 15) is 8.78 Å². The molecule has 98 valence electrons. The van der Waals surface area contributed by atoms with Crippen molar-refractivity contribution in [3.8, 4) is 0 Å². The highest BCUT2D eigenvalue weighted by atomic mass is 19.1. The number of hydrogen-bond acceptors (Lipinski definition) is 1. The van der Waals surface area contributed by atoms with Crippen LogP contribution < -0.4 is 5.32 Å². The summed E-state index contributed by atoms with van der Waals surface area (Å²) in [5.74, 6) is 0.681. The zero-order chi connectivity index (χ0) is 12.7. The second kappa shape index (κ2) is 4.61. The van der Waals surface area contributed by atoms with Gasteiger partial charge in [-0.2, -0.15) is 0 Å². The van der Waals surface area contributed by atoms with Crippen LogP contribution in [0.4, 0.5) is 8.78 Å². The Morgan fingerprint density at radius 1 is 1.22 bits per heavy atom. The molecule has 2 aliphatic carbocycles. The van der Waals surface area contributed by atoms with Gasteiger partial charge in [0.05, 0.1) is 0 Å². The molecule has 1 aromatic rings. The highest BCUT2D eigenvalue weighted by Gasteiger charge is 2.39. The van der Waals surface area contributed by atoms with Crippen LogP contribution >= 0.6 is 0 Å². The lowest BCUT2D eigenvalue weighted by Crippen LogP contribution is -2.36. The summed E-state index contributed by atoms with van der Waals surface area (Å²) in [5, 5.41) is 3.52. The van der Waals surface area contributed by atoms with E-state index in [1.807, 2.05) is 6.92 Å². The van der Waals surface area contributed by atoms with E-state index in [0.29, 0.717) is 11.6 Å². The van der Waals surface area contributed by atoms with Gasteiger partial charge >= 0.3 is 0 Å². The second-order valence-corrected chi connectivity index (χ2v) is 5.84. The van der Waals surface area contributed by atoms with Crippen LogP contribution in [-0.2, 0) is 0 Å². The number of benzene rings is 1. The molecule has 0 aliphatic heterocycles. The summed E-state index contributed by atoms with van der Waals surface area (Å²) >= 11 is 0. The summed E-state index contributed by atoms with van der Waals surface area (Å²) in [6.07, 6.45) is 5.22. The molecule has 2 aliphatic rings. The Hall–Kier alpha value is -0.960. The largest absolute Gasteiger partial charge is 0.307 e. The quantitative estimate of drug-likeness (QED) is 0.861. The molecule has 1 aromatic carbocycles. The predicted octanol–water partition coefficient (Wildman–Crippen LogP) is 3.80. The van der Waals surface area contributed by atoms with Crippen molar-refractivity contribution in [2.24, 2.45) is 11.8 Å². The summed E-state index contributed by atoms with van der Waals surface area (Å²) in [5.41, 5.74) is 0.569. The molecule has 1 N–H and O–H groups in total. The van der Waals surface area contributed by atoms with Gasteiger partial charge in [0.1, 0.15) is 11.6 Å². The standard InChI is InChI=1S/C15H19F2N/c1-9(13-5-4-12(16)8-14(13)17)18-15-7-10-2-3-11(15)6-10/h4-5,8-11,15,18H,2-3,6-7H2,1H3. The average molecular weight is 251 g/mol. The first-order valence-corrected chi connectivity index (χ1v) is 6.84. The molecule has 0 aromatic heterocycles. The SMILES string of the molecule is CC(NC1CC2CCC1C2)c1ccc(F)cc1F. The van der Waals surface area contributed by atoms with Crippen LogP contribution in [0.25, 0.3) is 0 Å². The summed E-state index contributed by atoms with van der Waals surface area (Å²) in [4.78, 5) is 0. The van der Waals surface area contributed by atoms with E-state index < -0.39 is 11.6 Å². The molecule has 0 saturated heterocycles. The number of nitrogens with one attached hydrogen (secondary N) is 1. The topological polar surface area (TPSA) is 12.0 Å². The van der Waals surface area contributed by atoms with E-state index in [2.05, 4.69) is 5.32 Å². The van der Waals surface area contributed by atoms with Crippen molar-refractivity contribution in [2.75, 3.05) is 0 Å². The van der Waals surface area contributed by atoms with Gasteiger partial charge in [0.15, 0.2) is 0 Å². The summed E-state index contributed by atoms with van der Waals surface area (Å²) in [6.45, 7) is 1.96. The van der Waals surface area contributed by atoms with Crippen molar-refractivity contribution >= 4 is 0 Å². The molecule has 0 radical (unpaired) electrons. The third-order valence-electron chi connectivity index (χ3n) is 4.63.